The van der Waals surface area contributed by atoms with Crippen LogP contribution in [-0.4, -0.2) is 48.1 Å². The summed E-state index contributed by atoms with van der Waals surface area (Å²) in [5.74, 6) is 0.162. The van der Waals surface area contributed by atoms with Crippen molar-refractivity contribution in [3.05, 3.63) is 71.3 Å². The van der Waals surface area contributed by atoms with Gasteiger partial charge in [0.15, 0.2) is 17.3 Å². The van der Waals surface area contributed by atoms with Crippen LogP contribution in [0.2, 0.25) is 0 Å². The first kappa shape index (κ1) is 32.7. The van der Waals surface area contributed by atoms with Crippen molar-refractivity contribution in [3.63, 3.8) is 0 Å². The smallest absolute Gasteiger partial charge is 0.494 e. The predicted octanol–water partition coefficient (Wildman–Crippen LogP) is 7.23. The van der Waals surface area contributed by atoms with Gasteiger partial charge in [-0.05, 0) is 104 Å². The number of fused-ring (bicyclic) bond motifs is 1. The molecule has 8 nitrogen and oxygen atoms in total. The third-order valence-corrected chi connectivity index (χ3v) is 7.26. The van der Waals surface area contributed by atoms with Crippen molar-refractivity contribution in [2.24, 2.45) is 0 Å². The minimum atomic E-state index is -3.71. The van der Waals surface area contributed by atoms with Gasteiger partial charge in [-0.2, -0.15) is 0 Å². The number of ether oxygens (including phenoxy) is 4. The van der Waals surface area contributed by atoms with Gasteiger partial charge < -0.3 is 29.2 Å². The molecule has 3 aromatic rings. The summed E-state index contributed by atoms with van der Waals surface area (Å²) < 4.78 is 47.8. The van der Waals surface area contributed by atoms with Crippen LogP contribution < -0.4 is 18.9 Å². The van der Waals surface area contributed by atoms with Gasteiger partial charge in [-0.1, -0.05) is 31.0 Å². The van der Waals surface area contributed by atoms with Gasteiger partial charge in [0.1, 0.15) is 11.5 Å². The summed E-state index contributed by atoms with van der Waals surface area (Å²) >= 11 is 0. The summed E-state index contributed by atoms with van der Waals surface area (Å²) in [6.07, 6.45) is 2.64. The van der Waals surface area contributed by atoms with Crippen molar-refractivity contribution >= 4 is 11.8 Å². The second-order valence-corrected chi connectivity index (χ2v) is 10.7. The number of rotatable bonds is 18. The number of aliphatic carboxylic acids is 1. The number of ketones is 1. The number of halogens is 2. The Morgan fingerprint density at radius 1 is 0.818 bits per heavy atom. The third kappa shape index (κ3) is 9.41. The number of Topliss-reactive ketones (excluding diaryl/α,β-unsaturated/α-hetero) is 1. The summed E-state index contributed by atoms with van der Waals surface area (Å²) in [5.41, 5.74) is 3.92. The quantitative estimate of drug-likeness (QED) is 0.114. The maximum absolute atomic E-state index is 13.5. The Bertz CT molecular complexity index is 1440. The molecule has 0 bridgehead atoms. The molecule has 1 aliphatic rings. The molecule has 1 heterocycles. The average molecular weight is 613 g/mol. The van der Waals surface area contributed by atoms with E-state index in [1.165, 1.54) is 24.6 Å². The number of aryl methyl sites for hydroxylation is 1. The van der Waals surface area contributed by atoms with E-state index >= 15 is 0 Å². The molecule has 4 rings (SSSR count). The van der Waals surface area contributed by atoms with Gasteiger partial charge >= 0.3 is 12.3 Å². The fraction of sp³-hybridized carbons (Fsp3) is 0.412. The minimum absolute atomic E-state index is 0.0478. The Balaban J connectivity index is 1.28. The Morgan fingerprint density at radius 2 is 1.59 bits per heavy atom. The number of alkyl halides is 2. The van der Waals surface area contributed by atoms with Crippen molar-refractivity contribution < 1.29 is 47.5 Å². The van der Waals surface area contributed by atoms with Crippen molar-refractivity contribution in [2.75, 3.05) is 19.8 Å². The fourth-order valence-electron chi connectivity index (χ4n) is 5.07. The first-order valence-corrected chi connectivity index (χ1v) is 14.9. The van der Waals surface area contributed by atoms with Crippen molar-refractivity contribution in [2.45, 2.75) is 71.0 Å². The molecule has 10 heteroatoms. The number of unbranched alkanes of at least 4 members (excludes halogenated alkanes) is 3. The van der Waals surface area contributed by atoms with Crippen LogP contribution in [0.3, 0.4) is 0 Å². The number of carbonyl (C=O) groups is 2. The zero-order valence-electron chi connectivity index (χ0n) is 24.8. The maximum Gasteiger partial charge on any atom is 0.586 e. The average Bonchev–Trinajstić information content (AvgIpc) is 3.31. The summed E-state index contributed by atoms with van der Waals surface area (Å²) in [5, 5.41) is 18.2. The molecule has 0 amide bonds. The number of benzene rings is 3. The summed E-state index contributed by atoms with van der Waals surface area (Å²) in [4.78, 5) is 23.0. The van der Waals surface area contributed by atoms with E-state index in [-0.39, 0.29) is 30.3 Å². The number of carboxylic acids is 1. The highest BCUT2D eigenvalue weighted by atomic mass is 19.3. The highest BCUT2D eigenvalue weighted by Gasteiger charge is 2.43. The normalized spacial score (nSPS) is 13.1. The molecule has 0 aliphatic carbocycles. The zero-order chi connectivity index (χ0) is 31.5. The van der Waals surface area contributed by atoms with Gasteiger partial charge in [0.2, 0.25) is 0 Å². The molecular weight excluding hydrogens is 574 g/mol. The Labute approximate surface area is 255 Å². The lowest BCUT2D eigenvalue weighted by molar-refractivity contribution is -0.286. The second kappa shape index (κ2) is 15.5. The molecule has 3 aromatic carbocycles. The zero-order valence-corrected chi connectivity index (χ0v) is 24.8. The number of aliphatic hydroxyl groups is 1. The number of carbonyl (C=O) groups excluding carboxylic acids is 1. The summed E-state index contributed by atoms with van der Waals surface area (Å²) in [6.45, 7) is 2.32. The molecule has 2 N–H and O–H groups in total. The van der Waals surface area contributed by atoms with Crippen LogP contribution in [0.25, 0.3) is 11.1 Å². The maximum atomic E-state index is 13.5. The highest BCUT2D eigenvalue weighted by Crippen LogP contribution is 2.43. The highest BCUT2D eigenvalue weighted by molar-refractivity contribution is 5.96. The van der Waals surface area contributed by atoms with Crippen LogP contribution in [0.15, 0.2) is 54.6 Å². The molecule has 0 atom stereocenters. The van der Waals surface area contributed by atoms with Gasteiger partial charge in [-0.3, -0.25) is 9.59 Å². The largest absolute Gasteiger partial charge is 0.586 e. The SMILES string of the molecule is CC(=O)c1cc(OCCCCCCc2cccc(OCCCC(=O)O)c2CCCO)cc(-c2ccc3c(c2)OC(F)(F)O3)c1. The van der Waals surface area contributed by atoms with Crippen molar-refractivity contribution in [3.8, 4) is 34.1 Å². The molecule has 1 aliphatic heterocycles. The second-order valence-electron chi connectivity index (χ2n) is 10.7. The van der Waals surface area contributed by atoms with Crippen LogP contribution >= 0.6 is 0 Å². The van der Waals surface area contributed by atoms with Crippen LogP contribution in [-0.2, 0) is 17.6 Å². The van der Waals surface area contributed by atoms with Crippen LogP contribution in [0.1, 0.15) is 73.4 Å². The molecule has 0 radical (unpaired) electrons. The van der Waals surface area contributed by atoms with Gasteiger partial charge in [0.25, 0.3) is 0 Å². The lowest BCUT2D eigenvalue weighted by Gasteiger charge is -2.16. The van der Waals surface area contributed by atoms with Crippen LogP contribution in [0.5, 0.6) is 23.0 Å². The lowest BCUT2D eigenvalue weighted by Crippen LogP contribution is -2.25. The topological polar surface area (TPSA) is 112 Å². The van der Waals surface area contributed by atoms with Gasteiger partial charge in [0.05, 0.1) is 13.2 Å². The molecule has 44 heavy (non-hydrogen) atoms. The molecular formula is C34H38F2O8. The molecule has 0 saturated carbocycles. The number of hydrogen-bond donors (Lipinski definition) is 2. The molecule has 236 valence electrons. The number of aliphatic hydroxyl groups excluding tert-OH is 1. The summed E-state index contributed by atoms with van der Waals surface area (Å²) in [6, 6.07) is 15.5. The van der Waals surface area contributed by atoms with Crippen molar-refractivity contribution in [1.82, 2.24) is 0 Å². The Hall–Kier alpha value is -4.18. The summed E-state index contributed by atoms with van der Waals surface area (Å²) in [7, 11) is 0. The van der Waals surface area contributed by atoms with E-state index in [2.05, 4.69) is 15.5 Å². The van der Waals surface area contributed by atoms with E-state index in [4.69, 9.17) is 14.6 Å². The molecule has 0 spiro atoms. The third-order valence-electron chi connectivity index (χ3n) is 7.26. The molecule has 0 saturated heterocycles. The Kier molecular flexibility index (Phi) is 11.5. The monoisotopic (exact) mass is 612 g/mol. The van der Waals surface area contributed by atoms with E-state index < -0.39 is 12.3 Å². The predicted molar refractivity (Wildman–Crippen MR) is 160 cm³/mol. The Morgan fingerprint density at radius 3 is 2.36 bits per heavy atom. The minimum Gasteiger partial charge on any atom is -0.494 e. The van der Waals surface area contributed by atoms with E-state index in [9.17, 15) is 23.5 Å². The van der Waals surface area contributed by atoms with E-state index in [0.717, 1.165) is 43.4 Å². The lowest BCUT2D eigenvalue weighted by atomic mass is 9.97. The van der Waals surface area contributed by atoms with Crippen molar-refractivity contribution in [1.29, 1.82) is 0 Å². The molecule has 0 unspecified atom stereocenters. The van der Waals surface area contributed by atoms with Crippen LogP contribution in [0, 0.1) is 0 Å². The van der Waals surface area contributed by atoms with Gasteiger partial charge in [-0.25, -0.2) is 0 Å². The molecule has 0 fully saturated rings. The van der Waals surface area contributed by atoms with Gasteiger partial charge in [0, 0.05) is 18.6 Å². The van der Waals surface area contributed by atoms with E-state index in [1.807, 2.05) is 12.1 Å². The first-order valence-electron chi connectivity index (χ1n) is 14.9. The molecule has 0 aromatic heterocycles. The number of hydrogen-bond acceptors (Lipinski definition) is 7. The van der Waals surface area contributed by atoms with Crippen LogP contribution in [0.4, 0.5) is 8.78 Å². The first-order chi connectivity index (χ1) is 21.1. The fourth-order valence-corrected chi connectivity index (χ4v) is 5.07. The van der Waals surface area contributed by atoms with E-state index in [0.29, 0.717) is 54.9 Å². The van der Waals surface area contributed by atoms with Gasteiger partial charge in [-0.15, -0.1) is 8.78 Å². The number of carboxylic acid groups (broad SMARTS) is 1. The standard InChI is InChI=1S/C34H38F2O8/c1-23(38)26-19-27(25-14-15-31-32(22-25)44-34(35,36)43-31)21-28(20-26)41-17-5-3-2-4-9-24-10-6-12-30(29(24)11-7-16-37)42-18-8-13-33(39)40/h6,10,12,14-15,19-22,37H,2-5,7-9,11,13,16-18H2,1H3,(H,39,40). The van der Waals surface area contributed by atoms with E-state index in [1.54, 1.807) is 24.3 Å².